The zero-order valence-corrected chi connectivity index (χ0v) is 19.0. The number of carbonyl (C=O) groups excluding carboxylic acids is 1. The molecule has 1 amide bonds. The van der Waals surface area contributed by atoms with Crippen LogP contribution in [0.2, 0.25) is 0 Å². The lowest BCUT2D eigenvalue weighted by Crippen LogP contribution is -2.37. The van der Waals surface area contributed by atoms with Gasteiger partial charge in [-0.2, -0.15) is 0 Å². The average Bonchev–Trinajstić information content (AvgIpc) is 3.19. The van der Waals surface area contributed by atoms with E-state index in [9.17, 15) is 4.79 Å². The van der Waals surface area contributed by atoms with E-state index in [1.165, 1.54) is 11.8 Å². The van der Waals surface area contributed by atoms with Crippen LogP contribution in [-0.2, 0) is 17.9 Å². The summed E-state index contributed by atoms with van der Waals surface area (Å²) >= 11 is 1.40. The van der Waals surface area contributed by atoms with Crippen LogP contribution < -0.4 is 4.74 Å². The topological polar surface area (TPSA) is 60.2 Å². The molecule has 0 aliphatic rings. The minimum atomic E-state index is 0.0722. The van der Waals surface area contributed by atoms with E-state index in [1.807, 2.05) is 77.9 Å². The highest BCUT2D eigenvalue weighted by Crippen LogP contribution is 2.26. The Morgan fingerprint density at radius 2 is 1.87 bits per heavy atom. The Balaban J connectivity index is 1.74. The summed E-state index contributed by atoms with van der Waals surface area (Å²) in [5, 5.41) is 9.40. The van der Waals surface area contributed by atoms with Gasteiger partial charge in [-0.3, -0.25) is 9.36 Å². The van der Waals surface area contributed by atoms with E-state index < -0.39 is 0 Å². The fourth-order valence-corrected chi connectivity index (χ4v) is 4.02. The van der Waals surface area contributed by atoms with Gasteiger partial charge >= 0.3 is 0 Å². The maximum absolute atomic E-state index is 13.0. The molecule has 0 aliphatic heterocycles. The smallest absolute Gasteiger partial charge is 0.233 e. The van der Waals surface area contributed by atoms with Gasteiger partial charge < -0.3 is 9.64 Å². The predicted molar refractivity (Wildman–Crippen MR) is 125 cm³/mol. The van der Waals surface area contributed by atoms with Crippen LogP contribution in [0.4, 0.5) is 0 Å². The van der Waals surface area contributed by atoms with Crippen molar-refractivity contribution in [1.29, 1.82) is 0 Å². The summed E-state index contributed by atoms with van der Waals surface area (Å²) in [7, 11) is 1.64. The van der Waals surface area contributed by atoms with Crippen molar-refractivity contribution in [3.63, 3.8) is 0 Å². The first kappa shape index (κ1) is 22.6. The van der Waals surface area contributed by atoms with Crippen LogP contribution in [0.15, 0.2) is 72.4 Å². The molecule has 0 aliphatic carbocycles. The number of allylic oxidation sites excluding steroid dienone is 1. The molecule has 0 saturated carbocycles. The van der Waals surface area contributed by atoms with Crippen LogP contribution in [0.3, 0.4) is 0 Å². The van der Waals surface area contributed by atoms with E-state index >= 15 is 0 Å². The molecule has 0 saturated heterocycles. The number of amides is 1. The van der Waals surface area contributed by atoms with Gasteiger partial charge in [0.25, 0.3) is 0 Å². The first-order valence-electron chi connectivity index (χ1n) is 10.2. The summed E-state index contributed by atoms with van der Waals surface area (Å²) in [6.45, 7) is 9.07. The molecule has 31 heavy (non-hydrogen) atoms. The second-order valence-electron chi connectivity index (χ2n) is 7.32. The summed E-state index contributed by atoms with van der Waals surface area (Å²) in [6, 6.07) is 17.8. The second kappa shape index (κ2) is 10.8. The van der Waals surface area contributed by atoms with Crippen LogP contribution in [0.1, 0.15) is 19.4 Å². The molecular weight excluding hydrogens is 408 g/mol. The number of hydrogen-bond donors (Lipinski definition) is 0. The monoisotopic (exact) mass is 436 g/mol. The fraction of sp³-hybridized carbons (Fsp3) is 0.292. The first-order valence-corrected chi connectivity index (χ1v) is 11.2. The van der Waals surface area contributed by atoms with Crippen LogP contribution in [0.25, 0.3) is 11.4 Å². The molecule has 0 unspecified atom stereocenters. The molecular formula is C24H28N4O2S. The highest BCUT2D eigenvalue weighted by Gasteiger charge is 2.20. The van der Waals surface area contributed by atoms with Gasteiger partial charge in [0.05, 0.1) is 12.9 Å². The molecule has 0 radical (unpaired) electrons. The number of thioether (sulfide) groups is 1. The van der Waals surface area contributed by atoms with Crippen molar-refractivity contribution in [1.82, 2.24) is 19.7 Å². The molecule has 0 spiro atoms. The number of benzene rings is 2. The number of ether oxygens (including phenoxy) is 1. The van der Waals surface area contributed by atoms with Crippen LogP contribution in [0, 0.1) is 0 Å². The largest absolute Gasteiger partial charge is 0.497 e. The fourth-order valence-electron chi connectivity index (χ4n) is 3.19. The normalized spacial score (nSPS) is 10.8. The molecule has 0 fully saturated rings. The Morgan fingerprint density at radius 1 is 1.16 bits per heavy atom. The van der Waals surface area contributed by atoms with Crippen molar-refractivity contribution in [2.75, 3.05) is 12.9 Å². The third kappa shape index (κ3) is 5.76. The van der Waals surface area contributed by atoms with E-state index in [0.29, 0.717) is 24.0 Å². The van der Waals surface area contributed by atoms with Crippen molar-refractivity contribution in [3.8, 4) is 17.1 Å². The maximum Gasteiger partial charge on any atom is 0.233 e. The van der Waals surface area contributed by atoms with Crippen molar-refractivity contribution < 1.29 is 9.53 Å². The molecule has 3 aromatic rings. The molecule has 6 nitrogen and oxygen atoms in total. The van der Waals surface area contributed by atoms with Gasteiger partial charge in [0, 0.05) is 24.7 Å². The molecule has 1 heterocycles. The Bertz CT molecular complexity index is 1000. The van der Waals surface area contributed by atoms with E-state index in [1.54, 1.807) is 13.2 Å². The molecule has 3 rings (SSSR count). The number of rotatable bonds is 10. The highest BCUT2D eigenvalue weighted by molar-refractivity contribution is 7.99. The lowest BCUT2D eigenvalue weighted by atomic mass is 10.2. The molecule has 1 aromatic heterocycles. The van der Waals surface area contributed by atoms with Gasteiger partial charge in [0.1, 0.15) is 5.75 Å². The van der Waals surface area contributed by atoms with E-state index in [0.717, 1.165) is 22.7 Å². The Morgan fingerprint density at radius 3 is 2.48 bits per heavy atom. The number of methoxy groups -OCH3 is 1. The number of nitrogens with zero attached hydrogens (tertiary/aromatic N) is 4. The van der Waals surface area contributed by atoms with Gasteiger partial charge in [-0.25, -0.2) is 0 Å². The van der Waals surface area contributed by atoms with Crippen LogP contribution >= 0.6 is 11.8 Å². The van der Waals surface area contributed by atoms with Gasteiger partial charge in [-0.1, -0.05) is 48.2 Å². The Hall–Kier alpha value is -3.06. The van der Waals surface area contributed by atoms with Gasteiger partial charge in [0.15, 0.2) is 11.0 Å². The summed E-state index contributed by atoms with van der Waals surface area (Å²) in [6.07, 6.45) is 1.80. The second-order valence-corrected chi connectivity index (χ2v) is 8.27. The first-order chi connectivity index (χ1) is 15.0. The molecule has 7 heteroatoms. The molecule has 162 valence electrons. The third-order valence-electron chi connectivity index (χ3n) is 4.84. The number of carbonyl (C=O) groups is 1. The minimum Gasteiger partial charge on any atom is -0.497 e. The summed E-state index contributed by atoms with van der Waals surface area (Å²) in [5.41, 5.74) is 2.05. The zero-order chi connectivity index (χ0) is 22.2. The van der Waals surface area contributed by atoms with Crippen LogP contribution in [0.5, 0.6) is 5.75 Å². The number of aromatic nitrogens is 3. The maximum atomic E-state index is 13.0. The molecule has 2 aromatic carbocycles. The molecule has 0 atom stereocenters. The number of hydrogen-bond acceptors (Lipinski definition) is 5. The van der Waals surface area contributed by atoms with Crippen molar-refractivity contribution >= 4 is 17.7 Å². The van der Waals surface area contributed by atoms with Crippen LogP contribution in [-0.4, -0.2) is 44.5 Å². The van der Waals surface area contributed by atoms with Gasteiger partial charge in [-0.05, 0) is 43.7 Å². The van der Waals surface area contributed by atoms with Crippen molar-refractivity contribution in [3.05, 3.63) is 72.8 Å². The van der Waals surface area contributed by atoms with E-state index in [4.69, 9.17) is 4.74 Å². The highest BCUT2D eigenvalue weighted by atomic mass is 32.2. The SMILES string of the molecule is C=CCn1c(SCC(=O)N(Cc2ccccc2)C(C)C)nnc1-c1ccc(OC)cc1. The van der Waals surface area contributed by atoms with E-state index in [-0.39, 0.29) is 11.9 Å². The summed E-state index contributed by atoms with van der Waals surface area (Å²) in [5.74, 6) is 1.89. The standard InChI is InChI=1S/C24H28N4O2S/c1-5-15-27-23(20-11-13-21(30-4)14-12-20)25-26-24(27)31-17-22(29)28(18(2)3)16-19-9-7-6-8-10-19/h5-14,18H,1,15-17H2,2-4H3. The molecule has 0 N–H and O–H groups in total. The van der Waals surface area contributed by atoms with Crippen molar-refractivity contribution in [2.24, 2.45) is 0 Å². The van der Waals surface area contributed by atoms with Gasteiger partial charge in [0.2, 0.25) is 5.91 Å². The lowest BCUT2D eigenvalue weighted by molar-refractivity contribution is -0.130. The van der Waals surface area contributed by atoms with E-state index in [2.05, 4.69) is 16.8 Å². The third-order valence-corrected chi connectivity index (χ3v) is 5.79. The quantitative estimate of drug-likeness (QED) is 0.341. The lowest BCUT2D eigenvalue weighted by Gasteiger charge is -2.26. The minimum absolute atomic E-state index is 0.0722. The predicted octanol–water partition coefficient (Wildman–Crippen LogP) is 4.67. The molecule has 0 bridgehead atoms. The Labute approximate surface area is 187 Å². The summed E-state index contributed by atoms with van der Waals surface area (Å²) in [4.78, 5) is 14.9. The average molecular weight is 437 g/mol. The summed E-state index contributed by atoms with van der Waals surface area (Å²) < 4.78 is 7.21. The van der Waals surface area contributed by atoms with Crippen molar-refractivity contribution in [2.45, 2.75) is 38.1 Å². The Kier molecular flexibility index (Phi) is 7.89. The zero-order valence-electron chi connectivity index (χ0n) is 18.2. The van der Waals surface area contributed by atoms with Gasteiger partial charge in [-0.15, -0.1) is 16.8 Å².